The maximum atomic E-state index is 12.0. The van der Waals surface area contributed by atoms with Gasteiger partial charge >= 0.3 is 0 Å². The number of nitrogen functional groups attached to an aromatic ring is 1. The summed E-state index contributed by atoms with van der Waals surface area (Å²) in [5.41, 5.74) is 5.57. The normalized spacial score (nSPS) is 17.9. The summed E-state index contributed by atoms with van der Waals surface area (Å²) >= 11 is 0. The molecule has 7 nitrogen and oxygen atoms in total. The third-order valence-corrected chi connectivity index (χ3v) is 4.46. The maximum absolute atomic E-state index is 12.0. The van der Waals surface area contributed by atoms with Crippen LogP contribution in [0.2, 0.25) is 0 Å². The van der Waals surface area contributed by atoms with Gasteiger partial charge in [-0.05, 0) is 25.7 Å². The van der Waals surface area contributed by atoms with Gasteiger partial charge in [0, 0.05) is 19.3 Å². The number of hydrogen-bond donors (Lipinski definition) is 3. The molecule has 0 aromatic carbocycles. The minimum absolute atomic E-state index is 0.0176. The van der Waals surface area contributed by atoms with Gasteiger partial charge in [0.2, 0.25) is 10.0 Å². The molecule has 0 aliphatic heterocycles. The van der Waals surface area contributed by atoms with E-state index in [2.05, 4.69) is 9.82 Å². The van der Waals surface area contributed by atoms with Crippen LogP contribution in [0.3, 0.4) is 0 Å². The summed E-state index contributed by atoms with van der Waals surface area (Å²) in [6.07, 6.45) is 2.68. The summed E-state index contributed by atoms with van der Waals surface area (Å²) < 4.78 is 27.8. The van der Waals surface area contributed by atoms with Crippen LogP contribution in [0.5, 0.6) is 0 Å². The fourth-order valence-electron chi connectivity index (χ4n) is 1.71. The Balaban J connectivity index is 2.06. The van der Waals surface area contributed by atoms with Crippen molar-refractivity contribution in [2.75, 3.05) is 12.3 Å². The van der Waals surface area contributed by atoms with E-state index < -0.39 is 16.1 Å². The van der Waals surface area contributed by atoms with E-state index in [1.165, 1.54) is 10.9 Å². The number of aliphatic hydroxyl groups excluding tert-OH is 1. The zero-order valence-corrected chi connectivity index (χ0v) is 11.0. The van der Waals surface area contributed by atoms with Crippen LogP contribution in [0.25, 0.3) is 0 Å². The zero-order valence-electron chi connectivity index (χ0n) is 10.2. The molecule has 1 unspecified atom stereocenters. The van der Waals surface area contributed by atoms with Crippen molar-refractivity contribution in [3.05, 3.63) is 6.20 Å². The largest absolute Gasteiger partial charge is 0.391 e. The van der Waals surface area contributed by atoms with Crippen molar-refractivity contribution in [1.82, 2.24) is 14.5 Å². The van der Waals surface area contributed by atoms with Crippen LogP contribution in [0.15, 0.2) is 11.1 Å². The highest BCUT2D eigenvalue weighted by molar-refractivity contribution is 7.89. The Labute approximate surface area is 106 Å². The Bertz CT molecular complexity index is 521. The second kappa shape index (κ2) is 4.87. The third kappa shape index (κ3) is 2.82. The van der Waals surface area contributed by atoms with Gasteiger partial charge in [-0.3, -0.25) is 4.68 Å². The number of nitrogens with two attached hydrogens (primary N) is 1. The Hall–Kier alpha value is -1.12. The molecule has 1 aromatic heterocycles. The monoisotopic (exact) mass is 274 g/mol. The summed E-state index contributed by atoms with van der Waals surface area (Å²) in [6, 6.07) is 0. The first-order valence-electron chi connectivity index (χ1n) is 5.94. The smallest absolute Gasteiger partial charge is 0.245 e. The lowest BCUT2D eigenvalue weighted by atomic mass is 10.2. The maximum Gasteiger partial charge on any atom is 0.245 e. The van der Waals surface area contributed by atoms with E-state index in [1.807, 2.05) is 6.92 Å². The second-order valence-corrected chi connectivity index (χ2v) is 6.23. The highest BCUT2D eigenvalue weighted by Crippen LogP contribution is 2.32. The molecule has 0 amide bonds. The van der Waals surface area contributed by atoms with Crippen molar-refractivity contribution in [2.45, 2.75) is 37.3 Å². The number of hydrogen-bond acceptors (Lipinski definition) is 5. The summed E-state index contributed by atoms with van der Waals surface area (Å²) in [7, 11) is -3.70. The molecule has 1 saturated carbocycles. The van der Waals surface area contributed by atoms with E-state index in [4.69, 9.17) is 5.73 Å². The molecule has 1 aliphatic carbocycles. The van der Waals surface area contributed by atoms with Gasteiger partial charge in [0.25, 0.3) is 0 Å². The van der Waals surface area contributed by atoms with Crippen LogP contribution in [0, 0.1) is 5.92 Å². The molecule has 18 heavy (non-hydrogen) atoms. The predicted octanol–water partition coefficient (Wildman–Crippen LogP) is -0.466. The molecule has 0 bridgehead atoms. The number of aryl methyl sites for hydroxylation is 1. The Kier molecular flexibility index (Phi) is 3.60. The highest BCUT2D eigenvalue weighted by atomic mass is 32.2. The SMILES string of the molecule is CCn1cc(S(=O)(=O)NCC(O)C2CC2)c(N)n1. The van der Waals surface area contributed by atoms with Gasteiger partial charge in [-0.1, -0.05) is 0 Å². The molecule has 2 rings (SSSR count). The van der Waals surface area contributed by atoms with Crippen LogP contribution in [0.1, 0.15) is 19.8 Å². The van der Waals surface area contributed by atoms with Crippen molar-refractivity contribution in [3.63, 3.8) is 0 Å². The number of anilines is 1. The number of nitrogens with one attached hydrogen (secondary N) is 1. The quantitative estimate of drug-likeness (QED) is 0.650. The van der Waals surface area contributed by atoms with Gasteiger partial charge in [0.15, 0.2) is 5.82 Å². The van der Waals surface area contributed by atoms with Gasteiger partial charge in [-0.2, -0.15) is 5.10 Å². The van der Waals surface area contributed by atoms with Crippen molar-refractivity contribution in [1.29, 1.82) is 0 Å². The van der Waals surface area contributed by atoms with Crippen molar-refractivity contribution in [2.24, 2.45) is 5.92 Å². The van der Waals surface area contributed by atoms with E-state index in [1.54, 1.807) is 0 Å². The topological polar surface area (TPSA) is 110 Å². The average molecular weight is 274 g/mol. The van der Waals surface area contributed by atoms with Gasteiger partial charge in [0.05, 0.1) is 6.10 Å². The van der Waals surface area contributed by atoms with Crippen LogP contribution >= 0.6 is 0 Å². The molecule has 0 saturated heterocycles. The molecular formula is C10H18N4O3S. The highest BCUT2D eigenvalue weighted by Gasteiger charge is 2.31. The van der Waals surface area contributed by atoms with Crippen LogP contribution in [0.4, 0.5) is 5.82 Å². The van der Waals surface area contributed by atoms with Crippen LogP contribution in [-0.2, 0) is 16.6 Å². The van der Waals surface area contributed by atoms with E-state index in [0.717, 1.165) is 12.8 Å². The number of aromatic nitrogens is 2. The number of sulfonamides is 1. The first kappa shape index (κ1) is 13.3. The minimum atomic E-state index is -3.70. The predicted molar refractivity (Wildman–Crippen MR) is 66.2 cm³/mol. The summed E-state index contributed by atoms with van der Waals surface area (Å²) in [4.78, 5) is -0.0349. The lowest BCUT2D eigenvalue weighted by molar-refractivity contribution is 0.155. The van der Waals surface area contributed by atoms with Crippen LogP contribution < -0.4 is 10.5 Å². The molecule has 1 atom stereocenters. The molecule has 1 aliphatic rings. The van der Waals surface area contributed by atoms with Gasteiger partial charge < -0.3 is 10.8 Å². The van der Waals surface area contributed by atoms with Crippen LogP contribution in [-0.4, -0.2) is 36.0 Å². The fraction of sp³-hybridized carbons (Fsp3) is 0.700. The molecule has 4 N–H and O–H groups in total. The molecular weight excluding hydrogens is 256 g/mol. The fourth-order valence-corrected chi connectivity index (χ4v) is 2.83. The first-order chi connectivity index (χ1) is 8.44. The van der Waals surface area contributed by atoms with Crippen molar-refractivity contribution >= 4 is 15.8 Å². The summed E-state index contributed by atoms with van der Waals surface area (Å²) in [6.45, 7) is 2.40. The Morgan fingerprint density at radius 3 is 2.83 bits per heavy atom. The molecule has 102 valence electrons. The van der Waals surface area contributed by atoms with Crippen molar-refractivity contribution in [3.8, 4) is 0 Å². The standard InChI is InChI=1S/C10H18N4O3S/c1-2-14-6-9(10(11)13-14)18(16,17)12-5-8(15)7-3-4-7/h6-8,12,15H,2-5H2,1H3,(H2,11,13). The number of nitrogens with zero attached hydrogens (tertiary/aromatic N) is 2. The summed E-state index contributed by atoms with van der Waals surface area (Å²) in [5.74, 6) is 0.202. The lowest BCUT2D eigenvalue weighted by Crippen LogP contribution is -2.33. The Morgan fingerprint density at radius 2 is 2.33 bits per heavy atom. The second-order valence-electron chi connectivity index (χ2n) is 4.49. The zero-order chi connectivity index (χ0) is 13.3. The number of rotatable bonds is 6. The van der Waals surface area contributed by atoms with Gasteiger partial charge in [-0.15, -0.1) is 0 Å². The van der Waals surface area contributed by atoms with E-state index in [9.17, 15) is 13.5 Å². The Morgan fingerprint density at radius 1 is 1.67 bits per heavy atom. The third-order valence-electron chi connectivity index (χ3n) is 3.02. The number of aliphatic hydroxyl groups is 1. The van der Waals surface area contributed by atoms with E-state index in [0.29, 0.717) is 6.54 Å². The molecule has 8 heteroatoms. The average Bonchev–Trinajstić information content (AvgIpc) is 3.09. The van der Waals surface area contributed by atoms with Crippen molar-refractivity contribution < 1.29 is 13.5 Å². The van der Waals surface area contributed by atoms with E-state index >= 15 is 0 Å². The molecule has 1 aromatic rings. The molecule has 0 radical (unpaired) electrons. The van der Waals surface area contributed by atoms with E-state index in [-0.39, 0.29) is 23.2 Å². The minimum Gasteiger partial charge on any atom is -0.391 e. The summed E-state index contributed by atoms with van der Waals surface area (Å²) in [5, 5.41) is 13.5. The van der Waals surface area contributed by atoms with Gasteiger partial charge in [-0.25, -0.2) is 13.1 Å². The molecule has 1 fully saturated rings. The first-order valence-corrected chi connectivity index (χ1v) is 7.43. The lowest BCUT2D eigenvalue weighted by Gasteiger charge is -2.10. The molecule has 1 heterocycles. The molecule has 0 spiro atoms. The van der Waals surface area contributed by atoms with Gasteiger partial charge in [0.1, 0.15) is 4.90 Å².